The Morgan fingerprint density at radius 2 is 1.63 bits per heavy atom. The number of ether oxygens (including phenoxy) is 2. The van der Waals surface area contributed by atoms with Crippen LogP contribution in [0.4, 0.5) is 10.5 Å². The first kappa shape index (κ1) is 33.2. The summed E-state index contributed by atoms with van der Waals surface area (Å²) in [6.07, 6.45) is 9.28. The van der Waals surface area contributed by atoms with Crippen molar-refractivity contribution >= 4 is 23.6 Å². The number of unbranched alkanes of at least 4 members (excludes halogenated alkanes) is 4. The van der Waals surface area contributed by atoms with Crippen molar-refractivity contribution in [3.05, 3.63) is 59.7 Å². The fraction of sp³-hybridized carbons (Fsp3) is 0.469. The van der Waals surface area contributed by atoms with E-state index < -0.39 is 42.2 Å². The quantitative estimate of drug-likeness (QED) is 0.218. The van der Waals surface area contributed by atoms with Gasteiger partial charge in [-0.25, -0.2) is 4.79 Å². The third-order valence-corrected chi connectivity index (χ3v) is 6.27. The lowest BCUT2D eigenvalue weighted by Crippen LogP contribution is -2.54. The van der Waals surface area contributed by atoms with E-state index in [4.69, 9.17) is 15.9 Å². The summed E-state index contributed by atoms with van der Waals surface area (Å²) in [5, 5.41) is 15.5. The summed E-state index contributed by atoms with van der Waals surface area (Å²) < 4.78 is 10.5. The second-order valence-corrected chi connectivity index (χ2v) is 10.7. The van der Waals surface area contributed by atoms with Crippen LogP contribution in [0, 0.1) is 12.3 Å². The minimum Gasteiger partial charge on any atom is -0.497 e. The molecule has 0 radical (unpaired) electrons. The van der Waals surface area contributed by atoms with Gasteiger partial charge in [0.05, 0.1) is 13.7 Å². The molecule has 41 heavy (non-hydrogen) atoms. The smallest absolute Gasteiger partial charge is 0.408 e. The van der Waals surface area contributed by atoms with Gasteiger partial charge in [0, 0.05) is 17.8 Å². The van der Waals surface area contributed by atoms with Crippen LogP contribution in [0.5, 0.6) is 5.75 Å². The summed E-state index contributed by atoms with van der Waals surface area (Å²) in [6, 6.07) is 11.3. The van der Waals surface area contributed by atoms with Crippen molar-refractivity contribution in [2.24, 2.45) is 0 Å². The zero-order chi connectivity index (χ0) is 30.4. The maximum Gasteiger partial charge on any atom is 0.408 e. The molecule has 3 amide bonds. The van der Waals surface area contributed by atoms with E-state index in [0.29, 0.717) is 29.0 Å². The summed E-state index contributed by atoms with van der Waals surface area (Å²) in [4.78, 5) is 41.7. The fourth-order valence-corrected chi connectivity index (χ4v) is 4.21. The number of rotatable bonds is 14. The lowest BCUT2D eigenvalue weighted by atomic mass is 10.0. The minimum atomic E-state index is -1.32. The first-order valence-corrected chi connectivity index (χ1v) is 13.9. The van der Waals surface area contributed by atoms with Crippen LogP contribution in [0.25, 0.3) is 0 Å². The number of alkyl carbamates (subject to hydrolysis) is 1. The van der Waals surface area contributed by atoms with Gasteiger partial charge in [-0.2, -0.15) is 0 Å². The zero-order valence-electron chi connectivity index (χ0n) is 24.7. The number of carbonyl (C=O) groups excluding carboxylic acids is 3. The second kappa shape index (κ2) is 16.3. The first-order chi connectivity index (χ1) is 19.5. The van der Waals surface area contributed by atoms with Crippen LogP contribution in [-0.4, -0.2) is 59.8 Å². The zero-order valence-corrected chi connectivity index (χ0v) is 24.7. The van der Waals surface area contributed by atoms with Gasteiger partial charge in [0.15, 0.2) is 0 Å². The highest BCUT2D eigenvalue weighted by molar-refractivity contribution is 5.99. The van der Waals surface area contributed by atoms with Gasteiger partial charge in [-0.05, 0) is 69.2 Å². The van der Waals surface area contributed by atoms with Crippen LogP contribution < -0.4 is 15.4 Å². The molecular weight excluding hydrogens is 522 g/mol. The molecule has 2 aromatic carbocycles. The number of carbonyl (C=O) groups is 3. The van der Waals surface area contributed by atoms with Gasteiger partial charge in [0.1, 0.15) is 23.4 Å². The lowest BCUT2D eigenvalue weighted by Gasteiger charge is -2.34. The Hall–Kier alpha value is -4.03. The highest BCUT2D eigenvalue weighted by atomic mass is 16.6. The van der Waals surface area contributed by atoms with Crippen molar-refractivity contribution in [1.29, 1.82) is 0 Å². The summed E-state index contributed by atoms with van der Waals surface area (Å²) in [5.41, 5.74) is 0.874. The largest absolute Gasteiger partial charge is 0.497 e. The molecule has 0 aliphatic rings. The molecule has 0 saturated carbocycles. The molecule has 0 spiro atoms. The normalized spacial score (nSPS) is 12.4. The highest BCUT2D eigenvalue weighted by Gasteiger charge is 2.36. The van der Waals surface area contributed by atoms with Gasteiger partial charge in [-0.3, -0.25) is 9.59 Å². The fourth-order valence-electron chi connectivity index (χ4n) is 4.21. The van der Waals surface area contributed by atoms with Gasteiger partial charge in [0.25, 0.3) is 5.91 Å². The van der Waals surface area contributed by atoms with E-state index in [2.05, 4.69) is 23.5 Å². The van der Waals surface area contributed by atoms with E-state index in [1.54, 1.807) is 76.4 Å². The Balaban J connectivity index is 2.47. The maximum absolute atomic E-state index is 13.9. The molecule has 222 valence electrons. The number of methoxy groups -OCH3 is 1. The molecule has 0 heterocycles. The van der Waals surface area contributed by atoms with E-state index in [0.717, 1.165) is 25.7 Å². The minimum absolute atomic E-state index is 0.229. The molecule has 0 aromatic heterocycles. The molecule has 2 unspecified atom stereocenters. The highest BCUT2D eigenvalue weighted by Crippen LogP contribution is 2.26. The number of anilines is 1. The van der Waals surface area contributed by atoms with Crippen molar-refractivity contribution in [3.8, 4) is 18.1 Å². The van der Waals surface area contributed by atoms with Crippen LogP contribution in [-0.2, 0) is 14.3 Å². The Kier molecular flexibility index (Phi) is 13.2. The summed E-state index contributed by atoms with van der Waals surface area (Å²) in [6.45, 7) is 6.77. The standard InChI is InChI=1S/C32H43N3O6/c1-7-9-10-11-12-21-35(30(38)27(22-36)34-31(39)41-32(3,4)5)28(24-15-13-23(8-2)14-16-24)29(37)33-25-17-19-26(40-6)20-18-25/h2,13-20,27-28,36H,7,9-12,21-22H2,1,3-6H3,(H,33,37)(H,34,39). The van der Waals surface area contributed by atoms with Gasteiger partial charge in [0.2, 0.25) is 5.91 Å². The average molecular weight is 566 g/mol. The topological polar surface area (TPSA) is 117 Å². The summed E-state index contributed by atoms with van der Waals surface area (Å²) in [5.74, 6) is 2.13. The molecule has 2 aromatic rings. The molecule has 3 N–H and O–H groups in total. The number of benzene rings is 2. The number of hydrogen-bond donors (Lipinski definition) is 3. The molecule has 9 nitrogen and oxygen atoms in total. The second-order valence-electron chi connectivity index (χ2n) is 10.7. The van der Waals surface area contributed by atoms with Crippen LogP contribution >= 0.6 is 0 Å². The SMILES string of the molecule is C#Cc1ccc(C(C(=O)Nc2ccc(OC)cc2)N(CCCCCCC)C(=O)C(CO)NC(=O)OC(C)(C)C)cc1. The molecule has 0 saturated heterocycles. The molecule has 0 aliphatic heterocycles. The molecule has 9 heteroatoms. The monoisotopic (exact) mass is 565 g/mol. The Morgan fingerprint density at radius 1 is 1.00 bits per heavy atom. The van der Waals surface area contributed by atoms with Crippen molar-refractivity contribution in [1.82, 2.24) is 10.2 Å². The number of hydrogen-bond acceptors (Lipinski definition) is 6. The molecule has 2 atom stereocenters. The van der Waals surface area contributed by atoms with E-state index in [1.807, 2.05) is 0 Å². The third-order valence-electron chi connectivity index (χ3n) is 6.27. The first-order valence-electron chi connectivity index (χ1n) is 13.9. The van der Waals surface area contributed by atoms with Gasteiger partial charge >= 0.3 is 6.09 Å². The molecule has 0 fully saturated rings. The van der Waals surface area contributed by atoms with Crippen LogP contribution in [0.2, 0.25) is 0 Å². The van der Waals surface area contributed by atoms with Gasteiger partial charge in [-0.1, -0.05) is 50.7 Å². The van der Waals surface area contributed by atoms with Gasteiger partial charge in [-0.15, -0.1) is 6.42 Å². The molecule has 0 aliphatic carbocycles. The molecule has 0 bridgehead atoms. The summed E-state index contributed by atoms with van der Waals surface area (Å²) in [7, 11) is 1.55. The van der Waals surface area contributed by atoms with E-state index in [9.17, 15) is 19.5 Å². The van der Waals surface area contributed by atoms with Crippen molar-refractivity contribution in [3.63, 3.8) is 0 Å². The van der Waals surface area contributed by atoms with E-state index in [-0.39, 0.29) is 6.54 Å². The van der Waals surface area contributed by atoms with Gasteiger partial charge < -0.3 is 30.1 Å². The number of aliphatic hydroxyl groups is 1. The maximum atomic E-state index is 13.9. The predicted molar refractivity (Wildman–Crippen MR) is 159 cm³/mol. The van der Waals surface area contributed by atoms with Crippen LogP contribution in [0.15, 0.2) is 48.5 Å². The Labute approximate surface area is 243 Å². The third kappa shape index (κ3) is 10.8. The molecular formula is C32H43N3O6. The molecule has 2 rings (SSSR count). The average Bonchev–Trinajstić information content (AvgIpc) is 2.94. The van der Waals surface area contributed by atoms with Crippen LogP contribution in [0.3, 0.4) is 0 Å². The van der Waals surface area contributed by atoms with E-state index in [1.165, 1.54) is 4.90 Å². The number of amides is 3. The van der Waals surface area contributed by atoms with Crippen molar-refractivity contribution < 1.29 is 29.0 Å². The Bertz CT molecular complexity index is 1170. The Morgan fingerprint density at radius 3 is 2.17 bits per heavy atom. The number of nitrogens with one attached hydrogen (secondary N) is 2. The van der Waals surface area contributed by atoms with Crippen molar-refractivity contribution in [2.75, 3.05) is 25.6 Å². The summed E-state index contributed by atoms with van der Waals surface area (Å²) >= 11 is 0. The number of nitrogens with zero attached hydrogens (tertiary/aromatic N) is 1. The number of terminal acetylenes is 1. The van der Waals surface area contributed by atoms with E-state index >= 15 is 0 Å². The van der Waals surface area contributed by atoms with Crippen LogP contribution in [0.1, 0.15) is 77.0 Å². The predicted octanol–water partition coefficient (Wildman–Crippen LogP) is 5.04. The van der Waals surface area contributed by atoms with Crippen molar-refractivity contribution in [2.45, 2.75) is 77.5 Å². The lowest BCUT2D eigenvalue weighted by molar-refractivity contribution is -0.141. The number of aliphatic hydroxyl groups excluding tert-OH is 1.